The minimum Gasteiger partial charge on any atom is -0.330 e. The largest absolute Gasteiger partial charge is 0.330 e. The number of nitrogens with two attached hydrogens (primary N) is 1. The van der Waals surface area contributed by atoms with E-state index in [0.717, 1.165) is 25.9 Å². The average Bonchev–Trinajstić information content (AvgIpc) is 2.84. The van der Waals surface area contributed by atoms with Gasteiger partial charge in [-0.2, -0.15) is 0 Å². The molecule has 17 heavy (non-hydrogen) atoms. The fourth-order valence-electron chi connectivity index (χ4n) is 2.67. The molecule has 2 N–H and O–H groups in total. The van der Waals surface area contributed by atoms with E-state index in [9.17, 15) is 0 Å². The molecule has 0 unspecified atom stereocenters. The van der Waals surface area contributed by atoms with Gasteiger partial charge in [-0.1, -0.05) is 25.1 Å². The van der Waals surface area contributed by atoms with Crippen molar-refractivity contribution in [3.8, 4) is 0 Å². The van der Waals surface area contributed by atoms with Crippen molar-refractivity contribution in [1.82, 2.24) is 4.90 Å². The molecule has 94 valence electrons. The molecule has 1 aliphatic heterocycles. The molecule has 0 aromatic heterocycles. The summed E-state index contributed by atoms with van der Waals surface area (Å²) in [5.41, 5.74) is 10.0. The predicted molar refractivity (Wildman–Crippen MR) is 73.1 cm³/mol. The summed E-state index contributed by atoms with van der Waals surface area (Å²) in [6.45, 7) is 6.66. The standard InChI is InChI=1S/C15H24N2/c1-2-14-11-13(7-8-16)5-6-15(14)12-17-9-3-4-10-17/h5-6,11H,2-4,7-10,12,16H2,1H3. The average molecular weight is 232 g/mol. The van der Waals surface area contributed by atoms with E-state index in [0.29, 0.717) is 0 Å². The van der Waals surface area contributed by atoms with Gasteiger partial charge in [0.15, 0.2) is 0 Å². The normalized spacial score (nSPS) is 16.6. The first-order valence-electron chi connectivity index (χ1n) is 6.86. The Kier molecular flexibility index (Phi) is 4.57. The Morgan fingerprint density at radius 3 is 2.59 bits per heavy atom. The molecule has 2 nitrogen and oxygen atoms in total. The van der Waals surface area contributed by atoms with E-state index in [-0.39, 0.29) is 0 Å². The number of benzene rings is 1. The van der Waals surface area contributed by atoms with Gasteiger partial charge in [0, 0.05) is 6.54 Å². The summed E-state index contributed by atoms with van der Waals surface area (Å²) < 4.78 is 0. The summed E-state index contributed by atoms with van der Waals surface area (Å²) in [5, 5.41) is 0. The van der Waals surface area contributed by atoms with Crippen LogP contribution in [0.2, 0.25) is 0 Å². The zero-order chi connectivity index (χ0) is 12.1. The van der Waals surface area contributed by atoms with Crippen LogP contribution in [0.25, 0.3) is 0 Å². The van der Waals surface area contributed by atoms with E-state index in [1.54, 1.807) is 0 Å². The van der Waals surface area contributed by atoms with Gasteiger partial charge in [0.2, 0.25) is 0 Å². The lowest BCUT2D eigenvalue weighted by Gasteiger charge is -2.17. The van der Waals surface area contributed by atoms with Crippen LogP contribution < -0.4 is 5.73 Å². The summed E-state index contributed by atoms with van der Waals surface area (Å²) in [7, 11) is 0. The second-order valence-electron chi connectivity index (χ2n) is 4.98. The van der Waals surface area contributed by atoms with Gasteiger partial charge in [-0.05, 0) is 62.0 Å². The second kappa shape index (κ2) is 6.18. The smallest absolute Gasteiger partial charge is 0.0236 e. The summed E-state index contributed by atoms with van der Waals surface area (Å²) in [6.07, 6.45) is 4.86. The predicted octanol–water partition coefficient (Wildman–Crippen LogP) is 2.35. The third-order valence-corrected chi connectivity index (χ3v) is 3.68. The number of hydrogen-bond acceptors (Lipinski definition) is 2. The van der Waals surface area contributed by atoms with Gasteiger partial charge in [-0.3, -0.25) is 4.90 Å². The number of aryl methyl sites for hydroxylation is 1. The Morgan fingerprint density at radius 2 is 1.94 bits per heavy atom. The molecule has 2 heteroatoms. The quantitative estimate of drug-likeness (QED) is 0.844. The molecule has 1 saturated heterocycles. The molecule has 0 bridgehead atoms. The van der Waals surface area contributed by atoms with Crippen LogP contribution in [0.15, 0.2) is 18.2 Å². The van der Waals surface area contributed by atoms with E-state index in [1.165, 1.54) is 42.6 Å². The van der Waals surface area contributed by atoms with Crippen LogP contribution >= 0.6 is 0 Å². The van der Waals surface area contributed by atoms with Crippen molar-refractivity contribution in [1.29, 1.82) is 0 Å². The summed E-state index contributed by atoms with van der Waals surface area (Å²) in [5.74, 6) is 0. The van der Waals surface area contributed by atoms with Crippen molar-refractivity contribution in [2.24, 2.45) is 5.73 Å². The van der Waals surface area contributed by atoms with Gasteiger partial charge in [0.25, 0.3) is 0 Å². The van der Waals surface area contributed by atoms with Crippen LogP contribution in [0, 0.1) is 0 Å². The lowest BCUT2D eigenvalue weighted by atomic mass is 10.00. The van der Waals surface area contributed by atoms with Crippen molar-refractivity contribution in [3.05, 3.63) is 34.9 Å². The SMILES string of the molecule is CCc1cc(CCN)ccc1CN1CCCC1. The highest BCUT2D eigenvalue weighted by Crippen LogP contribution is 2.18. The molecule has 1 fully saturated rings. The summed E-state index contributed by atoms with van der Waals surface area (Å²) in [4.78, 5) is 2.57. The van der Waals surface area contributed by atoms with E-state index in [2.05, 4.69) is 30.0 Å². The maximum absolute atomic E-state index is 5.61. The van der Waals surface area contributed by atoms with Gasteiger partial charge in [-0.25, -0.2) is 0 Å². The van der Waals surface area contributed by atoms with Gasteiger partial charge < -0.3 is 5.73 Å². The van der Waals surface area contributed by atoms with E-state index in [4.69, 9.17) is 5.73 Å². The topological polar surface area (TPSA) is 29.3 Å². The monoisotopic (exact) mass is 232 g/mol. The minimum atomic E-state index is 0.745. The van der Waals surface area contributed by atoms with E-state index in [1.807, 2.05) is 0 Å². The van der Waals surface area contributed by atoms with Crippen molar-refractivity contribution < 1.29 is 0 Å². The van der Waals surface area contributed by atoms with Crippen LogP contribution in [0.3, 0.4) is 0 Å². The zero-order valence-electron chi connectivity index (χ0n) is 10.9. The number of rotatable bonds is 5. The molecule has 1 aromatic carbocycles. The highest BCUT2D eigenvalue weighted by atomic mass is 15.1. The van der Waals surface area contributed by atoms with Crippen LogP contribution in [0.5, 0.6) is 0 Å². The lowest BCUT2D eigenvalue weighted by molar-refractivity contribution is 0.330. The third kappa shape index (κ3) is 3.30. The zero-order valence-corrected chi connectivity index (χ0v) is 10.9. The second-order valence-corrected chi connectivity index (χ2v) is 4.98. The van der Waals surface area contributed by atoms with Crippen LogP contribution in [0.1, 0.15) is 36.5 Å². The molecule has 0 amide bonds. The number of likely N-dealkylation sites (tertiary alicyclic amines) is 1. The minimum absolute atomic E-state index is 0.745. The maximum atomic E-state index is 5.61. The first-order valence-corrected chi connectivity index (χ1v) is 6.86. The van der Waals surface area contributed by atoms with Crippen LogP contribution in [0.4, 0.5) is 0 Å². The molecule has 1 heterocycles. The molecular weight excluding hydrogens is 208 g/mol. The Labute approximate surface area is 105 Å². The molecule has 2 rings (SSSR count). The molecule has 0 atom stereocenters. The van der Waals surface area contributed by atoms with Gasteiger partial charge in [0.05, 0.1) is 0 Å². The van der Waals surface area contributed by atoms with Gasteiger partial charge in [0.1, 0.15) is 0 Å². The molecule has 0 aliphatic carbocycles. The van der Waals surface area contributed by atoms with Crippen LogP contribution in [-0.4, -0.2) is 24.5 Å². The fraction of sp³-hybridized carbons (Fsp3) is 0.600. The van der Waals surface area contributed by atoms with Gasteiger partial charge >= 0.3 is 0 Å². The summed E-state index contributed by atoms with van der Waals surface area (Å²) >= 11 is 0. The Balaban J connectivity index is 2.09. The maximum Gasteiger partial charge on any atom is 0.0236 e. The molecule has 0 spiro atoms. The molecule has 0 saturated carbocycles. The van der Waals surface area contributed by atoms with E-state index >= 15 is 0 Å². The summed E-state index contributed by atoms with van der Waals surface area (Å²) in [6, 6.07) is 6.90. The number of hydrogen-bond donors (Lipinski definition) is 1. The van der Waals surface area contributed by atoms with Crippen LogP contribution in [-0.2, 0) is 19.4 Å². The third-order valence-electron chi connectivity index (χ3n) is 3.68. The van der Waals surface area contributed by atoms with Crippen molar-refractivity contribution >= 4 is 0 Å². The number of nitrogens with zero attached hydrogens (tertiary/aromatic N) is 1. The highest BCUT2D eigenvalue weighted by molar-refractivity contribution is 5.32. The first kappa shape index (κ1) is 12.6. The Hall–Kier alpha value is -0.860. The fourth-order valence-corrected chi connectivity index (χ4v) is 2.67. The highest BCUT2D eigenvalue weighted by Gasteiger charge is 2.13. The van der Waals surface area contributed by atoms with Gasteiger partial charge in [-0.15, -0.1) is 0 Å². The van der Waals surface area contributed by atoms with Crippen molar-refractivity contribution in [2.45, 2.75) is 39.2 Å². The Morgan fingerprint density at radius 1 is 1.18 bits per heavy atom. The molecule has 1 aliphatic rings. The van der Waals surface area contributed by atoms with E-state index < -0.39 is 0 Å². The Bertz CT molecular complexity index is 354. The molecule has 1 aromatic rings. The lowest BCUT2D eigenvalue weighted by Crippen LogP contribution is -2.19. The molecule has 0 radical (unpaired) electrons. The van der Waals surface area contributed by atoms with Crippen molar-refractivity contribution in [3.63, 3.8) is 0 Å². The first-order chi connectivity index (χ1) is 8.33. The molecular formula is C15H24N2. The van der Waals surface area contributed by atoms with Crippen molar-refractivity contribution in [2.75, 3.05) is 19.6 Å².